The van der Waals surface area contributed by atoms with Gasteiger partial charge >= 0.3 is 12.1 Å². The van der Waals surface area contributed by atoms with Gasteiger partial charge in [-0.05, 0) is 19.1 Å². The molecular weight excluding hydrogens is 402 g/mol. The van der Waals surface area contributed by atoms with Crippen LogP contribution >= 0.6 is 0 Å². The highest BCUT2D eigenvalue weighted by molar-refractivity contribution is 5.86. The molecule has 0 atom stereocenters. The summed E-state index contributed by atoms with van der Waals surface area (Å²) in [6.07, 6.45) is -0.935. The molecule has 0 N–H and O–H groups in total. The number of carbonyl (C=O) groups is 2. The van der Waals surface area contributed by atoms with Crippen molar-refractivity contribution in [3.63, 3.8) is 0 Å². The highest BCUT2D eigenvalue weighted by Gasteiger charge is 2.09. The molecule has 0 heterocycles. The summed E-state index contributed by atoms with van der Waals surface area (Å²) in [6, 6.07) is 5.03. The second-order valence-electron chi connectivity index (χ2n) is 5.70. The van der Waals surface area contributed by atoms with Gasteiger partial charge in [0.15, 0.2) is 0 Å². The molecule has 0 spiro atoms. The molecule has 0 aliphatic heterocycles. The largest absolute Gasteiger partial charge is 0.513 e. The summed E-state index contributed by atoms with van der Waals surface area (Å²) in [4.78, 5) is 32.6. The second-order valence-corrected chi connectivity index (χ2v) is 5.70. The number of nitro groups is 1. The van der Waals surface area contributed by atoms with Crippen LogP contribution in [0.5, 0.6) is 5.75 Å². The Morgan fingerprint density at radius 1 is 0.867 bits per heavy atom. The number of benzene rings is 1. The quantitative estimate of drug-likeness (QED) is 0.102. The van der Waals surface area contributed by atoms with E-state index in [0.29, 0.717) is 32.0 Å². The van der Waals surface area contributed by atoms with E-state index < -0.39 is 17.0 Å². The average Bonchev–Trinajstić information content (AvgIpc) is 2.71. The van der Waals surface area contributed by atoms with Crippen molar-refractivity contribution in [1.82, 2.24) is 0 Å². The maximum Gasteiger partial charge on any atom is 0.513 e. The maximum atomic E-state index is 11.5. The van der Waals surface area contributed by atoms with Crippen LogP contribution in [0.2, 0.25) is 0 Å². The molecule has 0 radical (unpaired) electrons. The third kappa shape index (κ3) is 11.7. The smallest absolute Gasteiger partial charge is 0.460 e. The van der Waals surface area contributed by atoms with Gasteiger partial charge in [0.2, 0.25) is 0 Å². The summed E-state index contributed by atoms with van der Waals surface area (Å²) in [7, 11) is 0. The predicted octanol–water partition coefficient (Wildman–Crippen LogP) is 2.28. The molecule has 0 amide bonds. The van der Waals surface area contributed by atoms with Crippen LogP contribution in [-0.2, 0) is 28.5 Å². The first kappa shape index (κ1) is 25.0. The Balaban J connectivity index is 1.91. The third-order valence-corrected chi connectivity index (χ3v) is 3.25. The van der Waals surface area contributed by atoms with Crippen molar-refractivity contribution >= 4 is 17.8 Å². The maximum absolute atomic E-state index is 11.5. The summed E-state index contributed by atoms with van der Waals surface area (Å²) in [5.41, 5.74) is 0.229. The SMILES string of the molecule is C=C(C)C(=O)OCCOCCOCCOCCOC(=O)Oc1ccc([N+](=O)[O-])cc1. The summed E-state index contributed by atoms with van der Waals surface area (Å²) < 4.78 is 30.3. The lowest BCUT2D eigenvalue weighted by Gasteiger charge is -2.08. The molecular formula is C19H25NO10. The van der Waals surface area contributed by atoms with Crippen LogP contribution in [0.1, 0.15) is 6.92 Å². The Bertz CT molecular complexity index is 689. The molecule has 11 heteroatoms. The van der Waals surface area contributed by atoms with Gasteiger partial charge in [0, 0.05) is 17.7 Å². The van der Waals surface area contributed by atoms with Crippen molar-refractivity contribution in [2.45, 2.75) is 6.92 Å². The number of nitrogens with zero attached hydrogens (tertiary/aromatic N) is 1. The molecule has 0 saturated carbocycles. The number of carbonyl (C=O) groups excluding carboxylic acids is 2. The molecule has 11 nitrogen and oxygen atoms in total. The molecule has 0 aromatic heterocycles. The number of hydrogen-bond acceptors (Lipinski definition) is 10. The van der Waals surface area contributed by atoms with Crippen molar-refractivity contribution in [3.05, 3.63) is 46.5 Å². The lowest BCUT2D eigenvalue weighted by atomic mass is 10.3. The van der Waals surface area contributed by atoms with Crippen molar-refractivity contribution in [2.75, 3.05) is 52.9 Å². The molecule has 1 aromatic carbocycles. The van der Waals surface area contributed by atoms with E-state index in [1.54, 1.807) is 6.92 Å². The van der Waals surface area contributed by atoms with Gasteiger partial charge in [0.25, 0.3) is 5.69 Å². The topological polar surface area (TPSA) is 133 Å². The number of hydrogen-bond donors (Lipinski definition) is 0. The zero-order chi connectivity index (χ0) is 22.2. The van der Waals surface area contributed by atoms with E-state index in [2.05, 4.69) is 6.58 Å². The minimum atomic E-state index is -0.935. The molecule has 0 fully saturated rings. The Morgan fingerprint density at radius 3 is 1.80 bits per heavy atom. The van der Waals surface area contributed by atoms with Crippen LogP contribution in [0, 0.1) is 10.1 Å². The fraction of sp³-hybridized carbons (Fsp3) is 0.474. The number of esters is 1. The monoisotopic (exact) mass is 427 g/mol. The van der Waals surface area contributed by atoms with Crippen LogP contribution in [0.25, 0.3) is 0 Å². The van der Waals surface area contributed by atoms with E-state index in [0.717, 1.165) is 0 Å². The van der Waals surface area contributed by atoms with Gasteiger partial charge in [-0.3, -0.25) is 10.1 Å². The summed E-state index contributed by atoms with van der Waals surface area (Å²) in [6.45, 7) is 6.94. The lowest BCUT2D eigenvalue weighted by Crippen LogP contribution is -2.16. The first-order chi connectivity index (χ1) is 14.4. The zero-order valence-corrected chi connectivity index (χ0v) is 16.7. The average molecular weight is 427 g/mol. The first-order valence-electron chi connectivity index (χ1n) is 9.05. The molecule has 0 aliphatic carbocycles. The van der Waals surface area contributed by atoms with Crippen molar-refractivity contribution in [2.24, 2.45) is 0 Å². The normalized spacial score (nSPS) is 10.3. The third-order valence-electron chi connectivity index (χ3n) is 3.25. The van der Waals surface area contributed by atoms with Crippen LogP contribution < -0.4 is 4.74 Å². The fourth-order valence-corrected chi connectivity index (χ4v) is 1.80. The second kappa shape index (κ2) is 14.9. The molecule has 30 heavy (non-hydrogen) atoms. The molecule has 0 unspecified atom stereocenters. The zero-order valence-electron chi connectivity index (χ0n) is 16.7. The molecule has 1 rings (SSSR count). The van der Waals surface area contributed by atoms with E-state index in [4.69, 9.17) is 28.4 Å². The highest BCUT2D eigenvalue weighted by Crippen LogP contribution is 2.17. The summed E-state index contributed by atoms with van der Waals surface area (Å²) in [5, 5.41) is 10.5. The van der Waals surface area contributed by atoms with Gasteiger partial charge in [-0.2, -0.15) is 0 Å². The van der Waals surface area contributed by atoms with E-state index >= 15 is 0 Å². The van der Waals surface area contributed by atoms with E-state index in [1.807, 2.05) is 0 Å². The van der Waals surface area contributed by atoms with Gasteiger partial charge < -0.3 is 28.4 Å². The standard InChI is InChI=1S/C19H25NO10/c1-15(2)18(21)28-13-11-26-9-7-25-8-10-27-12-14-29-19(22)30-17-5-3-16(4-6-17)20(23)24/h3-6H,1,7-14H2,2H3. The Morgan fingerprint density at radius 2 is 1.33 bits per heavy atom. The van der Waals surface area contributed by atoms with Crippen LogP contribution in [0.4, 0.5) is 10.5 Å². The molecule has 1 aromatic rings. The van der Waals surface area contributed by atoms with Crippen molar-refractivity contribution in [1.29, 1.82) is 0 Å². The van der Waals surface area contributed by atoms with Gasteiger partial charge in [-0.25, -0.2) is 9.59 Å². The van der Waals surface area contributed by atoms with E-state index in [9.17, 15) is 19.7 Å². The summed E-state index contributed by atoms with van der Waals surface area (Å²) in [5.74, 6) is -0.313. The molecule has 0 aliphatic rings. The van der Waals surface area contributed by atoms with E-state index in [-0.39, 0.29) is 37.9 Å². The number of ether oxygens (including phenoxy) is 6. The molecule has 0 bridgehead atoms. The molecule has 0 saturated heterocycles. The van der Waals surface area contributed by atoms with Gasteiger partial charge in [-0.1, -0.05) is 6.58 Å². The Labute approximate surface area is 173 Å². The Hall–Kier alpha value is -3.02. The fourth-order valence-electron chi connectivity index (χ4n) is 1.80. The van der Waals surface area contributed by atoms with Gasteiger partial charge in [0.1, 0.15) is 19.0 Å². The minimum absolute atomic E-state index is 0.0160. The van der Waals surface area contributed by atoms with Crippen LogP contribution in [0.15, 0.2) is 36.4 Å². The first-order valence-corrected chi connectivity index (χ1v) is 9.05. The number of rotatable bonds is 15. The number of nitro benzene ring substituents is 1. The van der Waals surface area contributed by atoms with Crippen molar-refractivity contribution < 1.29 is 42.9 Å². The van der Waals surface area contributed by atoms with Crippen LogP contribution in [0.3, 0.4) is 0 Å². The molecule has 166 valence electrons. The highest BCUT2D eigenvalue weighted by atomic mass is 16.7. The van der Waals surface area contributed by atoms with Crippen molar-refractivity contribution in [3.8, 4) is 5.75 Å². The van der Waals surface area contributed by atoms with Gasteiger partial charge in [-0.15, -0.1) is 0 Å². The number of non-ortho nitro benzene ring substituents is 1. The summed E-state index contributed by atoms with van der Waals surface area (Å²) >= 11 is 0. The lowest BCUT2D eigenvalue weighted by molar-refractivity contribution is -0.384. The van der Waals surface area contributed by atoms with E-state index in [1.165, 1.54) is 24.3 Å². The van der Waals surface area contributed by atoms with Crippen LogP contribution in [-0.4, -0.2) is 69.9 Å². The Kier molecular flexibility index (Phi) is 12.4. The predicted molar refractivity (Wildman–Crippen MR) is 103 cm³/mol. The minimum Gasteiger partial charge on any atom is -0.460 e. The van der Waals surface area contributed by atoms with Gasteiger partial charge in [0.05, 0.1) is 44.6 Å².